The van der Waals surface area contributed by atoms with Crippen molar-refractivity contribution in [1.82, 2.24) is 18.4 Å². The Labute approximate surface area is 389 Å². The minimum Gasteiger partial charge on any atom is -0.309 e. The van der Waals surface area contributed by atoms with Crippen molar-refractivity contribution >= 4 is 109 Å². The quantitative estimate of drug-likeness (QED) is 0.170. The topological polar surface area (TPSA) is 26.6 Å². The smallest absolute Gasteiger partial charge is 0.146 e. The summed E-state index contributed by atoms with van der Waals surface area (Å²) in [7, 11) is 0. The van der Waals surface area contributed by atoms with Crippen LogP contribution in [-0.4, -0.2) is 18.4 Å². The fourth-order valence-electron chi connectivity index (χ4n) is 11.9. The van der Waals surface area contributed by atoms with E-state index in [2.05, 4.69) is 227 Å². The van der Waals surface area contributed by atoms with Crippen LogP contribution in [0.1, 0.15) is 79.0 Å². The van der Waals surface area contributed by atoms with Crippen molar-refractivity contribution in [2.24, 2.45) is 0 Å². The van der Waals surface area contributed by atoms with Gasteiger partial charge in [-0.2, -0.15) is 0 Å². The molecule has 0 fully saturated rings. The Morgan fingerprint density at radius 1 is 0.373 bits per heavy atom. The van der Waals surface area contributed by atoms with Gasteiger partial charge in [0, 0.05) is 65.1 Å². The second kappa shape index (κ2) is 12.7. The Hall–Kier alpha value is -7.43. The largest absolute Gasteiger partial charge is 0.309 e. The molecule has 6 heterocycles. The Balaban J connectivity index is 1.17. The van der Waals surface area contributed by atoms with Gasteiger partial charge >= 0.3 is 0 Å². The minimum atomic E-state index is -0.0873. The molecular formula is C63H52N4. The molecule has 0 unspecified atom stereocenters. The number of para-hydroxylation sites is 2. The van der Waals surface area contributed by atoms with Crippen LogP contribution in [0.4, 0.5) is 0 Å². The molecule has 4 nitrogen and oxygen atoms in total. The monoisotopic (exact) mass is 864 g/mol. The first kappa shape index (κ1) is 38.8. The predicted molar refractivity (Wildman–Crippen MR) is 287 cm³/mol. The second-order valence-corrected chi connectivity index (χ2v) is 22.5. The maximum Gasteiger partial charge on any atom is 0.146 e. The van der Waals surface area contributed by atoms with E-state index in [9.17, 15) is 0 Å². The summed E-state index contributed by atoms with van der Waals surface area (Å²) in [6, 6.07) is 55.4. The molecule has 0 atom stereocenters. The molecule has 0 radical (unpaired) electrons. The molecule has 0 bridgehead atoms. The van der Waals surface area contributed by atoms with Gasteiger partial charge in [0.2, 0.25) is 0 Å². The minimum absolute atomic E-state index is 0.0329. The summed E-state index contributed by atoms with van der Waals surface area (Å²) in [5.41, 5.74) is 17.1. The Morgan fingerprint density at radius 2 is 0.970 bits per heavy atom. The molecule has 14 aromatic rings. The number of pyridine rings is 1. The maximum absolute atomic E-state index is 5.59. The molecule has 0 amide bonds. The normalized spacial score (nSPS) is 13.4. The van der Waals surface area contributed by atoms with Crippen molar-refractivity contribution in [3.8, 4) is 16.8 Å². The summed E-state index contributed by atoms with van der Waals surface area (Å²) in [6.07, 6.45) is 2.19. The highest BCUT2D eigenvalue weighted by molar-refractivity contribution is 6.38. The van der Waals surface area contributed by atoms with Crippen molar-refractivity contribution in [1.29, 1.82) is 0 Å². The van der Waals surface area contributed by atoms with Gasteiger partial charge in [0.15, 0.2) is 0 Å². The molecule has 0 aliphatic rings. The number of fused-ring (bicyclic) bond motifs is 18. The molecule has 0 aliphatic heterocycles. The molecule has 67 heavy (non-hydrogen) atoms. The van der Waals surface area contributed by atoms with Crippen molar-refractivity contribution in [2.45, 2.75) is 78.6 Å². The zero-order valence-corrected chi connectivity index (χ0v) is 39.7. The van der Waals surface area contributed by atoms with Gasteiger partial charge in [-0.3, -0.25) is 4.40 Å². The Bertz CT molecular complexity index is 4420. The van der Waals surface area contributed by atoms with E-state index < -0.39 is 0 Å². The van der Waals surface area contributed by atoms with Crippen LogP contribution in [0.25, 0.3) is 126 Å². The van der Waals surface area contributed by atoms with Gasteiger partial charge < -0.3 is 8.97 Å². The predicted octanol–water partition coefficient (Wildman–Crippen LogP) is 17.2. The maximum atomic E-state index is 5.59. The van der Waals surface area contributed by atoms with E-state index in [1.165, 1.54) is 131 Å². The van der Waals surface area contributed by atoms with Gasteiger partial charge in [-0.25, -0.2) is 4.98 Å². The Morgan fingerprint density at radius 3 is 1.73 bits per heavy atom. The highest BCUT2D eigenvalue weighted by Crippen LogP contribution is 2.51. The molecular weight excluding hydrogens is 813 g/mol. The van der Waals surface area contributed by atoms with Crippen LogP contribution in [-0.2, 0) is 16.2 Å². The highest BCUT2D eigenvalue weighted by atomic mass is 15.0. The lowest BCUT2D eigenvalue weighted by molar-refractivity contribution is 0.590. The first-order valence-electron chi connectivity index (χ1n) is 24.0. The summed E-state index contributed by atoms with van der Waals surface area (Å²) < 4.78 is 7.48. The third-order valence-electron chi connectivity index (χ3n) is 15.3. The zero-order chi connectivity index (χ0) is 45.6. The van der Waals surface area contributed by atoms with Crippen LogP contribution < -0.4 is 0 Å². The summed E-state index contributed by atoms with van der Waals surface area (Å²) in [5, 5.41) is 15.3. The van der Waals surface area contributed by atoms with Gasteiger partial charge in [-0.05, 0) is 122 Å². The first-order chi connectivity index (χ1) is 32.1. The lowest BCUT2D eigenvalue weighted by atomic mass is 9.83. The number of nitrogens with zero attached hydrogens (tertiary/aromatic N) is 4. The van der Waals surface area contributed by atoms with Crippen LogP contribution in [0.15, 0.2) is 152 Å². The third kappa shape index (κ3) is 5.11. The Kier molecular flexibility index (Phi) is 7.36. The number of hydrogen-bond donors (Lipinski definition) is 0. The molecule has 14 rings (SSSR count). The van der Waals surface area contributed by atoms with Gasteiger partial charge in [-0.1, -0.05) is 135 Å². The van der Waals surface area contributed by atoms with Crippen molar-refractivity contribution in [3.05, 3.63) is 168 Å². The second-order valence-electron chi connectivity index (χ2n) is 22.5. The van der Waals surface area contributed by atoms with Crippen molar-refractivity contribution < 1.29 is 0 Å². The molecule has 8 aromatic carbocycles. The molecule has 4 heteroatoms. The van der Waals surface area contributed by atoms with E-state index in [0.29, 0.717) is 0 Å². The van der Waals surface area contributed by atoms with Crippen LogP contribution in [0, 0.1) is 0 Å². The SMILES string of the molecule is CC(C)(C)c1ccc2c(c1)c1cc(C(C)(C)C)cc3c4c5c6cc7ccccc7c7c8cc(C(C)(C)C)cc(-c9ccc%10c(c9)c9ccccc9n%10-c9ccccc9)c8n(c5cnc4n2c13)c67. The van der Waals surface area contributed by atoms with Gasteiger partial charge in [0.25, 0.3) is 0 Å². The summed E-state index contributed by atoms with van der Waals surface area (Å²) in [5.74, 6) is 0. The zero-order valence-electron chi connectivity index (χ0n) is 39.7. The average molecular weight is 865 g/mol. The standard InChI is InChI=1S/C63H52N4/c1-61(2,3)37-24-26-52-45(29-37)46-31-39(63(7,8)9)33-49-56-55-47-28-35-17-13-14-20-41(35)54-48-32-38(62(4,5)6)30-43(57(48)66(59(47)54)53(55)34-64-60(56)67(52)58(46)49)36-23-25-51-44(27-36)42-21-15-16-22-50(42)65(51)40-18-11-10-12-19-40/h10-34H,1-9H3. The lowest BCUT2D eigenvalue weighted by Gasteiger charge is -2.21. The molecule has 0 N–H and O–H groups in total. The van der Waals surface area contributed by atoms with Gasteiger partial charge in [-0.15, -0.1) is 0 Å². The van der Waals surface area contributed by atoms with Crippen molar-refractivity contribution in [2.75, 3.05) is 0 Å². The number of benzene rings is 8. The molecule has 0 aliphatic carbocycles. The summed E-state index contributed by atoms with van der Waals surface area (Å²) >= 11 is 0. The van der Waals surface area contributed by atoms with Crippen molar-refractivity contribution in [3.63, 3.8) is 0 Å². The fraction of sp³-hybridized carbons (Fsp3) is 0.190. The van der Waals surface area contributed by atoms with E-state index >= 15 is 0 Å². The number of aromatic nitrogens is 4. The number of hydrogen-bond acceptors (Lipinski definition) is 1. The summed E-state index contributed by atoms with van der Waals surface area (Å²) in [6.45, 7) is 21.0. The lowest BCUT2D eigenvalue weighted by Crippen LogP contribution is -2.11. The molecule has 0 spiro atoms. The van der Waals surface area contributed by atoms with Crippen LogP contribution in [0.5, 0.6) is 0 Å². The van der Waals surface area contributed by atoms with Gasteiger partial charge in [0.1, 0.15) is 5.65 Å². The average Bonchev–Trinajstić information content (AvgIpc) is 4.10. The van der Waals surface area contributed by atoms with E-state index in [0.717, 1.165) is 11.2 Å². The molecule has 0 saturated heterocycles. The van der Waals surface area contributed by atoms with Crippen LogP contribution in [0.3, 0.4) is 0 Å². The van der Waals surface area contributed by atoms with Crippen LogP contribution >= 0.6 is 0 Å². The summed E-state index contributed by atoms with van der Waals surface area (Å²) in [4.78, 5) is 5.59. The molecule has 324 valence electrons. The van der Waals surface area contributed by atoms with E-state index in [1.54, 1.807) is 0 Å². The molecule has 0 saturated carbocycles. The molecule has 6 aromatic heterocycles. The fourth-order valence-corrected chi connectivity index (χ4v) is 11.9. The van der Waals surface area contributed by atoms with E-state index in [-0.39, 0.29) is 16.2 Å². The third-order valence-corrected chi connectivity index (χ3v) is 15.3. The number of rotatable bonds is 2. The van der Waals surface area contributed by atoms with Gasteiger partial charge in [0.05, 0.1) is 44.8 Å². The van der Waals surface area contributed by atoms with Crippen LogP contribution in [0.2, 0.25) is 0 Å². The first-order valence-corrected chi connectivity index (χ1v) is 24.0. The van der Waals surface area contributed by atoms with E-state index in [1.807, 2.05) is 0 Å². The van der Waals surface area contributed by atoms with E-state index in [4.69, 9.17) is 4.98 Å². The highest BCUT2D eigenvalue weighted by Gasteiger charge is 2.30.